The quantitative estimate of drug-likeness (QED) is 0.857. The van der Waals surface area contributed by atoms with Crippen LogP contribution in [0.1, 0.15) is 35.4 Å². The lowest BCUT2D eigenvalue weighted by Crippen LogP contribution is -2.34. The van der Waals surface area contributed by atoms with Crippen LogP contribution >= 0.6 is 11.6 Å². The van der Waals surface area contributed by atoms with Crippen LogP contribution in [0.15, 0.2) is 28.8 Å². The molecule has 2 N–H and O–H groups in total. The number of aryl methyl sites for hydroxylation is 1. The van der Waals surface area contributed by atoms with E-state index >= 15 is 0 Å². The molecule has 25 heavy (non-hydrogen) atoms. The van der Waals surface area contributed by atoms with Gasteiger partial charge in [-0.3, -0.25) is 4.90 Å². The van der Waals surface area contributed by atoms with Gasteiger partial charge in [0.15, 0.2) is 0 Å². The van der Waals surface area contributed by atoms with E-state index in [1.165, 1.54) is 11.1 Å². The van der Waals surface area contributed by atoms with E-state index in [9.17, 15) is 5.11 Å². The Labute approximate surface area is 152 Å². The molecular weight excluding hydrogens is 338 g/mol. The molecule has 6 heteroatoms. The Bertz CT molecular complexity index is 716. The van der Waals surface area contributed by atoms with Crippen molar-refractivity contribution in [2.45, 2.75) is 50.9 Å². The fourth-order valence-corrected chi connectivity index (χ4v) is 3.92. The summed E-state index contributed by atoms with van der Waals surface area (Å²) in [6.45, 7) is 3.29. The van der Waals surface area contributed by atoms with Crippen molar-refractivity contribution in [3.8, 4) is 0 Å². The summed E-state index contributed by atoms with van der Waals surface area (Å²) in [5, 5.41) is 18.4. The number of fused-ring (bicyclic) bond motifs is 1. The molecule has 1 aromatic heterocycles. The second-order valence-electron chi connectivity index (χ2n) is 7.16. The van der Waals surface area contributed by atoms with Gasteiger partial charge in [0.05, 0.1) is 6.10 Å². The van der Waals surface area contributed by atoms with Crippen molar-refractivity contribution < 1.29 is 9.63 Å². The topological polar surface area (TPSA) is 61.5 Å². The molecule has 5 nitrogen and oxygen atoms in total. The molecule has 0 saturated carbocycles. The monoisotopic (exact) mass is 361 g/mol. The Balaban J connectivity index is 1.36. The highest BCUT2D eigenvalue weighted by Gasteiger charge is 2.28. The number of β-amino-alcohol motifs (C(OH)–C–C–N with tert-alkyl or cyclic N) is 1. The van der Waals surface area contributed by atoms with E-state index in [0.717, 1.165) is 68.3 Å². The summed E-state index contributed by atoms with van der Waals surface area (Å²) in [5.41, 5.74) is 3.55. The molecule has 4 rings (SSSR count). The van der Waals surface area contributed by atoms with Crippen LogP contribution in [0.3, 0.4) is 0 Å². The van der Waals surface area contributed by atoms with Crippen molar-refractivity contribution in [1.29, 1.82) is 0 Å². The van der Waals surface area contributed by atoms with E-state index in [1.54, 1.807) is 0 Å². The number of likely N-dealkylation sites (tertiary alicyclic amines) is 1. The maximum Gasteiger partial charge on any atom is 0.140 e. The van der Waals surface area contributed by atoms with Crippen molar-refractivity contribution in [3.05, 3.63) is 51.9 Å². The second-order valence-corrected chi connectivity index (χ2v) is 7.59. The van der Waals surface area contributed by atoms with Gasteiger partial charge < -0.3 is 14.9 Å². The first-order valence-corrected chi connectivity index (χ1v) is 9.39. The molecule has 2 atom stereocenters. The van der Waals surface area contributed by atoms with Gasteiger partial charge in [0.2, 0.25) is 0 Å². The zero-order chi connectivity index (χ0) is 17.2. The highest BCUT2D eigenvalue weighted by Crippen LogP contribution is 2.26. The van der Waals surface area contributed by atoms with Gasteiger partial charge in [0.25, 0.3) is 0 Å². The third-order valence-corrected chi connectivity index (χ3v) is 5.50. The minimum absolute atomic E-state index is 0.198. The van der Waals surface area contributed by atoms with E-state index in [-0.39, 0.29) is 6.10 Å². The fourth-order valence-electron chi connectivity index (χ4n) is 3.79. The zero-order valence-corrected chi connectivity index (χ0v) is 15.0. The Kier molecular flexibility index (Phi) is 5.08. The van der Waals surface area contributed by atoms with Gasteiger partial charge in [0.1, 0.15) is 11.5 Å². The van der Waals surface area contributed by atoms with E-state index in [4.69, 9.17) is 16.1 Å². The molecule has 1 aliphatic heterocycles. The largest absolute Gasteiger partial charge is 0.392 e. The fraction of sp³-hybridized carbons (Fsp3) is 0.526. The number of hydrogen-bond donors (Lipinski definition) is 2. The highest BCUT2D eigenvalue weighted by molar-refractivity contribution is 6.30. The van der Waals surface area contributed by atoms with Gasteiger partial charge in [-0.25, -0.2) is 0 Å². The van der Waals surface area contributed by atoms with E-state index in [2.05, 4.69) is 27.5 Å². The summed E-state index contributed by atoms with van der Waals surface area (Å²) in [6, 6.07) is 8.42. The van der Waals surface area contributed by atoms with Crippen LogP contribution in [0.4, 0.5) is 0 Å². The SMILES string of the molecule is O[C@@H]1CCN(Cc2noc3c2CC(NCc2ccc(Cl)cc2)CC3)C1. The van der Waals surface area contributed by atoms with Crippen LogP contribution in [-0.4, -0.2) is 40.4 Å². The minimum Gasteiger partial charge on any atom is -0.392 e. The van der Waals surface area contributed by atoms with Crippen molar-refractivity contribution in [2.75, 3.05) is 13.1 Å². The van der Waals surface area contributed by atoms with Gasteiger partial charge in [-0.2, -0.15) is 0 Å². The van der Waals surface area contributed by atoms with Gasteiger partial charge in [-0.05, 0) is 37.0 Å². The predicted molar refractivity (Wildman–Crippen MR) is 96.5 cm³/mol. The average Bonchev–Trinajstić information content (AvgIpc) is 3.21. The third kappa shape index (κ3) is 4.06. The first kappa shape index (κ1) is 17.0. The van der Waals surface area contributed by atoms with Gasteiger partial charge >= 0.3 is 0 Å². The number of halogens is 1. The van der Waals surface area contributed by atoms with Gasteiger partial charge in [-0.1, -0.05) is 28.9 Å². The Morgan fingerprint density at radius 3 is 2.88 bits per heavy atom. The minimum atomic E-state index is -0.198. The molecule has 134 valence electrons. The Morgan fingerprint density at radius 2 is 2.12 bits per heavy atom. The summed E-state index contributed by atoms with van der Waals surface area (Å²) in [4.78, 5) is 2.26. The second kappa shape index (κ2) is 7.46. The summed E-state index contributed by atoms with van der Waals surface area (Å²) < 4.78 is 5.57. The summed E-state index contributed by atoms with van der Waals surface area (Å²) in [5.74, 6) is 1.04. The number of benzene rings is 1. The van der Waals surface area contributed by atoms with Crippen molar-refractivity contribution >= 4 is 11.6 Å². The predicted octanol–water partition coefficient (Wildman–Crippen LogP) is 2.54. The number of nitrogens with zero attached hydrogens (tertiary/aromatic N) is 2. The molecule has 0 amide bonds. The lowest BCUT2D eigenvalue weighted by Gasteiger charge is -2.23. The summed E-state index contributed by atoms with van der Waals surface area (Å²) >= 11 is 5.94. The lowest BCUT2D eigenvalue weighted by atomic mass is 9.91. The summed E-state index contributed by atoms with van der Waals surface area (Å²) in [6.07, 6.45) is 3.61. The van der Waals surface area contributed by atoms with Crippen LogP contribution in [0.5, 0.6) is 0 Å². The summed E-state index contributed by atoms with van der Waals surface area (Å²) in [7, 11) is 0. The number of aliphatic hydroxyl groups excluding tert-OH is 1. The molecule has 1 saturated heterocycles. The van der Waals surface area contributed by atoms with Gasteiger partial charge in [-0.15, -0.1) is 0 Å². The maximum absolute atomic E-state index is 9.70. The molecule has 0 radical (unpaired) electrons. The Morgan fingerprint density at radius 1 is 1.28 bits per heavy atom. The number of rotatable bonds is 5. The first-order chi connectivity index (χ1) is 12.2. The number of aromatic nitrogens is 1. The molecule has 2 heterocycles. The molecule has 1 unspecified atom stereocenters. The lowest BCUT2D eigenvalue weighted by molar-refractivity contribution is 0.173. The van der Waals surface area contributed by atoms with E-state index in [0.29, 0.717) is 6.04 Å². The number of nitrogens with one attached hydrogen (secondary N) is 1. The normalized spacial score (nSPS) is 23.8. The maximum atomic E-state index is 9.70. The first-order valence-electron chi connectivity index (χ1n) is 9.02. The van der Waals surface area contributed by atoms with Crippen molar-refractivity contribution in [3.63, 3.8) is 0 Å². The molecule has 2 aliphatic rings. The third-order valence-electron chi connectivity index (χ3n) is 5.25. The smallest absolute Gasteiger partial charge is 0.140 e. The molecule has 0 bridgehead atoms. The molecular formula is C19H24ClN3O2. The van der Waals surface area contributed by atoms with E-state index in [1.807, 2.05) is 12.1 Å². The molecule has 1 aliphatic carbocycles. The van der Waals surface area contributed by atoms with Crippen LogP contribution in [0, 0.1) is 0 Å². The van der Waals surface area contributed by atoms with Crippen LogP contribution in [-0.2, 0) is 25.9 Å². The van der Waals surface area contributed by atoms with Crippen LogP contribution in [0.25, 0.3) is 0 Å². The molecule has 0 spiro atoms. The average molecular weight is 362 g/mol. The van der Waals surface area contributed by atoms with Crippen molar-refractivity contribution in [1.82, 2.24) is 15.4 Å². The standard InChI is InChI=1S/C19H24ClN3O2/c20-14-3-1-13(2-4-14)10-21-15-5-6-19-17(9-15)18(22-25-19)12-23-8-7-16(24)11-23/h1-4,15-16,21,24H,5-12H2/t15?,16-/m1/s1. The van der Waals surface area contributed by atoms with Crippen LogP contribution in [0.2, 0.25) is 5.02 Å². The highest BCUT2D eigenvalue weighted by atomic mass is 35.5. The number of aliphatic hydroxyl groups is 1. The molecule has 2 aromatic rings. The van der Waals surface area contributed by atoms with Gasteiger partial charge in [0, 0.05) is 49.2 Å². The van der Waals surface area contributed by atoms with Crippen molar-refractivity contribution in [2.24, 2.45) is 0 Å². The molecule has 1 aromatic carbocycles. The number of hydrogen-bond acceptors (Lipinski definition) is 5. The zero-order valence-electron chi connectivity index (χ0n) is 14.2. The van der Waals surface area contributed by atoms with E-state index < -0.39 is 0 Å². The molecule has 1 fully saturated rings. The Hall–Kier alpha value is -1.40. The van der Waals surface area contributed by atoms with Crippen LogP contribution < -0.4 is 5.32 Å².